The number of aromatic nitrogens is 1. The van der Waals surface area contributed by atoms with Gasteiger partial charge in [-0.2, -0.15) is 0 Å². The quantitative estimate of drug-likeness (QED) is 0.657. The standard InChI is InChI=1S/C17H19FN4O4/c1-2-25-17(24)20-6-7-26-15-9-12(18)8-14(10-15)22-16(23)21-13-4-3-5-19-11-13/h3-5,8-11H,2,6-7H2,1H3,(H,20,24)(H2,21,22,23). The summed E-state index contributed by atoms with van der Waals surface area (Å²) in [6.45, 7) is 2.28. The molecule has 26 heavy (non-hydrogen) atoms. The number of anilines is 2. The molecule has 0 fully saturated rings. The van der Waals surface area contributed by atoms with Crippen LogP contribution in [-0.2, 0) is 4.74 Å². The van der Waals surface area contributed by atoms with Gasteiger partial charge in [0.1, 0.15) is 18.2 Å². The largest absolute Gasteiger partial charge is 0.492 e. The highest BCUT2D eigenvalue weighted by atomic mass is 19.1. The van der Waals surface area contributed by atoms with Crippen LogP contribution >= 0.6 is 0 Å². The third kappa shape index (κ3) is 6.63. The Hall–Kier alpha value is -3.36. The molecule has 0 spiro atoms. The fourth-order valence-corrected chi connectivity index (χ4v) is 1.95. The molecular weight excluding hydrogens is 343 g/mol. The molecule has 9 heteroatoms. The van der Waals surface area contributed by atoms with Crippen molar-refractivity contribution >= 4 is 23.5 Å². The van der Waals surface area contributed by atoms with Crippen LogP contribution in [0.2, 0.25) is 0 Å². The van der Waals surface area contributed by atoms with Crippen LogP contribution in [0.1, 0.15) is 6.92 Å². The Balaban J connectivity index is 1.86. The van der Waals surface area contributed by atoms with Gasteiger partial charge in [0.25, 0.3) is 0 Å². The predicted octanol–water partition coefficient (Wildman–Crippen LogP) is 2.99. The van der Waals surface area contributed by atoms with Gasteiger partial charge in [0, 0.05) is 24.0 Å². The molecule has 0 atom stereocenters. The van der Waals surface area contributed by atoms with Crippen molar-refractivity contribution in [1.29, 1.82) is 0 Å². The van der Waals surface area contributed by atoms with Crippen molar-refractivity contribution < 1.29 is 23.5 Å². The second-order valence-electron chi connectivity index (χ2n) is 4.99. The van der Waals surface area contributed by atoms with Crippen LogP contribution in [0.5, 0.6) is 5.75 Å². The molecule has 0 saturated carbocycles. The highest BCUT2D eigenvalue weighted by Crippen LogP contribution is 2.20. The van der Waals surface area contributed by atoms with Crippen molar-refractivity contribution in [3.05, 3.63) is 48.5 Å². The average molecular weight is 362 g/mol. The first kappa shape index (κ1) is 19.0. The molecule has 1 heterocycles. The van der Waals surface area contributed by atoms with Gasteiger partial charge in [-0.25, -0.2) is 14.0 Å². The molecule has 3 N–H and O–H groups in total. The number of rotatable bonds is 7. The van der Waals surface area contributed by atoms with Crippen LogP contribution in [-0.4, -0.2) is 36.9 Å². The summed E-state index contributed by atoms with van der Waals surface area (Å²) in [5.41, 5.74) is 0.725. The van der Waals surface area contributed by atoms with Gasteiger partial charge in [0.05, 0.1) is 25.0 Å². The van der Waals surface area contributed by atoms with Crippen LogP contribution in [0.3, 0.4) is 0 Å². The molecule has 0 unspecified atom stereocenters. The number of halogens is 1. The van der Waals surface area contributed by atoms with E-state index in [1.807, 2.05) is 0 Å². The Morgan fingerprint density at radius 3 is 2.73 bits per heavy atom. The maximum absolute atomic E-state index is 13.7. The van der Waals surface area contributed by atoms with Crippen LogP contribution < -0.4 is 20.7 Å². The lowest BCUT2D eigenvalue weighted by Crippen LogP contribution is -2.28. The summed E-state index contributed by atoms with van der Waals surface area (Å²) in [5.74, 6) is -0.357. The second-order valence-corrected chi connectivity index (χ2v) is 4.99. The van der Waals surface area contributed by atoms with Gasteiger partial charge in [-0.1, -0.05) is 0 Å². The van der Waals surface area contributed by atoms with Crippen molar-refractivity contribution in [1.82, 2.24) is 10.3 Å². The van der Waals surface area contributed by atoms with E-state index in [2.05, 4.69) is 20.9 Å². The molecule has 1 aromatic heterocycles. The number of nitrogens with one attached hydrogen (secondary N) is 3. The Morgan fingerprint density at radius 2 is 2.00 bits per heavy atom. The highest BCUT2D eigenvalue weighted by Gasteiger charge is 2.07. The van der Waals surface area contributed by atoms with Crippen molar-refractivity contribution in [3.8, 4) is 5.75 Å². The number of alkyl carbamates (subject to hydrolysis) is 1. The molecule has 8 nitrogen and oxygen atoms in total. The summed E-state index contributed by atoms with van der Waals surface area (Å²) >= 11 is 0. The summed E-state index contributed by atoms with van der Waals surface area (Å²) in [4.78, 5) is 26.9. The first-order valence-electron chi connectivity index (χ1n) is 7.89. The van der Waals surface area contributed by atoms with Gasteiger partial charge in [-0.3, -0.25) is 4.98 Å². The fraction of sp³-hybridized carbons (Fsp3) is 0.235. The minimum atomic E-state index is -0.572. The molecule has 0 saturated heterocycles. The van der Waals surface area contributed by atoms with Crippen LogP contribution in [0.4, 0.5) is 25.4 Å². The first-order valence-corrected chi connectivity index (χ1v) is 7.89. The zero-order chi connectivity index (χ0) is 18.8. The lowest BCUT2D eigenvalue weighted by molar-refractivity contribution is 0.150. The number of carbonyl (C=O) groups is 2. The van der Waals surface area contributed by atoms with E-state index in [0.29, 0.717) is 5.69 Å². The molecule has 0 aliphatic heterocycles. The van der Waals surface area contributed by atoms with E-state index in [4.69, 9.17) is 9.47 Å². The molecule has 0 aliphatic rings. The maximum Gasteiger partial charge on any atom is 0.407 e. The van der Waals surface area contributed by atoms with Gasteiger partial charge >= 0.3 is 12.1 Å². The number of urea groups is 1. The van der Waals surface area contributed by atoms with E-state index in [-0.39, 0.29) is 31.2 Å². The summed E-state index contributed by atoms with van der Waals surface area (Å²) in [5, 5.41) is 7.56. The van der Waals surface area contributed by atoms with E-state index in [0.717, 1.165) is 6.07 Å². The molecule has 1 aromatic carbocycles. The summed E-state index contributed by atoms with van der Waals surface area (Å²) in [6, 6.07) is 6.60. The smallest absolute Gasteiger partial charge is 0.407 e. The van der Waals surface area contributed by atoms with E-state index in [1.54, 1.807) is 25.3 Å². The third-order valence-electron chi connectivity index (χ3n) is 2.96. The molecular formula is C17H19FN4O4. The summed E-state index contributed by atoms with van der Waals surface area (Å²) < 4.78 is 23.8. The fourth-order valence-electron chi connectivity index (χ4n) is 1.95. The van der Waals surface area contributed by atoms with E-state index < -0.39 is 17.9 Å². The van der Waals surface area contributed by atoms with Gasteiger partial charge in [-0.05, 0) is 25.1 Å². The van der Waals surface area contributed by atoms with Crippen LogP contribution in [0, 0.1) is 5.82 Å². The van der Waals surface area contributed by atoms with E-state index in [1.165, 1.54) is 18.3 Å². The summed E-state index contributed by atoms with van der Waals surface area (Å²) in [6.07, 6.45) is 2.51. The lowest BCUT2D eigenvalue weighted by atomic mass is 10.3. The van der Waals surface area contributed by atoms with Gasteiger partial charge in [0.15, 0.2) is 0 Å². The molecule has 3 amide bonds. The molecule has 138 valence electrons. The Kier molecular flexibility index (Phi) is 7.17. The van der Waals surface area contributed by atoms with Crippen LogP contribution in [0.25, 0.3) is 0 Å². The van der Waals surface area contributed by atoms with Crippen molar-refractivity contribution in [3.63, 3.8) is 0 Å². The van der Waals surface area contributed by atoms with Gasteiger partial charge in [0.2, 0.25) is 0 Å². The molecule has 0 bridgehead atoms. The normalized spacial score (nSPS) is 9.92. The van der Waals surface area contributed by atoms with Gasteiger partial charge in [-0.15, -0.1) is 0 Å². The predicted molar refractivity (Wildman–Crippen MR) is 93.8 cm³/mol. The van der Waals surface area contributed by atoms with Crippen molar-refractivity contribution in [2.24, 2.45) is 0 Å². The third-order valence-corrected chi connectivity index (χ3v) is 2.96. The number of benzene rings is 1. The van der Waals surface area contributed by atoms with Crippen molar-refractivity contribution in [2.45, 2.75) is 6.92 Å². The number of pyridine rings is 1. The zero-order valence-electron chi connectivity index (χ0n) is 14.1. The second kappa shape index (κ2) is 9.82. The lowest BCUT2D eigenvalue weighted by Gasteiger charge is -2.11. The SMILES string of the molecule is CCOC(=O)NCCOc1cc(F)cc(NC(=O)Nc2cccnc2)c1. The van der Waals surface area contributed by atoms with E-state index in [9.17, 15) is 14.0 Å². The number of hydrogen-bond donors (Lipinski definition) is 3. The zero-order valence-corrected chi connectivity index (χ0v) is 14.1. The number of amides is 3. The topological polar surface area (TPSA) is 102 Å². The highest BCUT2D eigenvalue weighted by molar-refractivity contribution is 5.99. The number of nitrogens with zero attached hydrogens (tertiary/aromatic N) is 1. The number of carbonyl (C=O) groups excluding carboxylic acids is 2. The minimum Gasteiger partial charge on any atom is -0.492 e. The molecule has 0 radical (unpaired) electrons. The van der Waals surface area contributed by atoms with E-state index >= 15 is 0 Å². The summed E-state index contributed by atoms with van der Waals surface area (Å²) in [7, 11) is 0. The average Bonchev–Trinajstić information content (AvgIpc) is 2.59. The number of hydrogen-bond acceptors (Lipinski definition) is 5. The molecule has 2 aromatic rings. The maximum atomic E-state index is 13.7. The Morgan fingerprint density at radius 1 is 1.19 bits per heavy atom. The Bertz CT molecular complexity index is 743. The Labute approximate surface area is 149 Å². The van der Waals surface area contributed by atoms with Crippen molar-refractivity contribution in [2.75, 3.05) is 30.4 Å². The van der Waals surface area contributed by atoms with Gasteiger partial charge < -0.3 is 25.4 Å². The number of ether oxygens (including phenoxy) is 2. The van der Waals surface area contributed by atoms with Crippen LogP contribution in [0.15, 0.2) is 42.7 Å². The first-order chi connectivity index (χ1) is 12.6. The minimum absolute atomic E-state index is 0.115. The molecule has 2 rings (SSSR count). The monoisotopic (exact) mass is 362 g/mol. The molecule has 0 aliphatic carbocycles.